The molecule has 1 aliphatic carbocycles. The summed E-state index contributed by atoms with van der Waals surface area (Å²) < 4.78 is 34.9. The van der Waals surface area contributed by atoms with Crippen LogP contribution in [0.1, 0.15) is 52.9 Å². The zero-order chi connectivity index (χ0) is 23.3. The number of benzene rings is 2. The highest BCUT2D eigenvalue weighted by Gasteiger charge is 2.29. The summed E-state index contributed by atoms with van der Waals surface area (Å²) in [5, 5.41) is 12.7. The highest BCUT2D eigenvalue weighted by molar-refractivity contribution is 5.95. The van der Waals surface area contributed by atoms with Crippen molar-refractivity contribution in [2.24, 2.45) is 11.7 Å². The molecular formula is C23H27ClF2N4O3. The molecule has 0 spiro atoms. The Bertz CT molecular complexity index is 990. The maximum Gasteiger partial charge on any atom is 0.254 e. The second-order valence-corrected chi connectivity index (χ2v) is 7.67. The Morgan fingerprint density at radius 2 is 1.73 bits per heavy atom. The Morgan fingerprint density at radius 1 is 1.12 bits per heavy atom. The average molecular weight is 481 g/mol. The molecule has 2 aromatic rings. The molecule has 5 N–H and O–H groups in total. The van der Waals surface area contributed by atoms with Crippen LogP contribution in [0.5, 0.6) is 0 Å². The number of rotatable bonds is 10. The highest BCUT2D eigenvalue weighted by Crippen LogP contribution is 2.28. The van der Waals surface area contributed by atoms with Gasteiger partial charge in [-0.05, 0) is 43.4 Å². The van der Waals surface area contributed by atoms with Gasteiger partial charge in [0, 0.05) is 30.8 Å². The summed E-state index contributed by atoms with van der Waals surface area (Å²) in [6.45, 7) is 2.22. The van der Waals surface area contributed by atoms with Gasteiger partial charge in [0.1, 0.15) is 17.5 Å². The molecule has 0 radical (unpaired) electrons. The van der Waals surface area contributed by atoms with Crippen LogP contribution < -0.4 is 16.4 Å². The largest absolute Gasteiger partial charge is 0.384 e. The van der Waals surface area contributed by atoms with E-state index in [9.17, 15) is 18.4 Å². The molecule has 1 unspecified atom stereocenters. The minimum atomic E-state index is -1.51. The molecule has 1 atom stereocenters. The van der Waals surface area contributed by atoms with E-state index in [0.29, 0.717) is 23.6 Å². The Morgan fingerprint density at radius 3 is 2.24 bits per heavy atom. The normalized spacial score (nSPS) is 13.5. The molecule has 3 rings (SSSR count). The van der Waals surface area contributed by atoms with E-state index in [1.165, 1.54) is 0 Å². The summed E-state index contributed by atoms with van der Waals surface area (Å²) in [6.07, 6.45) is 0.558. The van der Waals surface area contributed by atoms with E-state index in [1.54, 1.807) is 31.2 Å². The lowest BCUT2D eigenvalue weighted by atomic mass is 10.0. The monoisotopic (exact) mass is 480 g/mol. The predicted molar refractivity (Wildman–Crippen MR) is 122 cm³/mol. The van der Waals surface area contributed by atoms with Crippen LogP contribution in [0.2, 0.25) is 0 Å². The van der Waals surface area contributed by atoms with Crippen molar-refractivity contribution in [1.82, 2.24) is 10.6 Å². The van der Waals surface area contributed by atoms with E-state index < -0.39 is 35.1 Å². The average Bonchev–Trinajstić information content (AvgIpc) is 3.59. The van der Waals surface area contributed by atoms with E-state index in [1.807, 2.05) is 0 Å². The van der Waals surface area contributed by atoms with Gasteiger partial charge in [0.25, 0.3) is 11.8 Å². The van der Waals surface area contributed by atoms with Gasteiger partial charge < -0.3 is 21.1 Å². The van der Waals surface area contributed by atoms with Crippen molar-refractivity contribution >= 4 is 30.1 Å². The molecule has 33 heavy (non-hydrogen) atoms. The number of carbonyl (C=O) groups is 2. The molecule has 2 amide bonds. The van der Waals surface area contributed by atoms with Crippen LogP contribution >= 0.6 is 12.4 Å². The van der Waals surface area contributed by atoms with Crippen molar-refractivity contribution in [3.8, 4) is 0 Å². The van der Waals surface area contributed by atoms with Gasteiger partial charge in [-0.15, -0.1) is 12.4 Å². The second-order valence-electron chi connectivity index (χ2n) is 7.67. The first kappa shape index (κ1) is 26.2. The lowest BCUT2D eigenvalue weighted by Crippen LogP contribution is -2.32. The first-order chi connectivity index (χ1) is 15.3. The number of amidine groups is 1. The molecule has 0 aliphatic heterocycles. The van der Waals surface area contributed by atoms with Crippen LogP contribution in [0.3, 0.4) is 0 Å². The third-order valence-electron chi connectivity index (χ3n) is 5.15. The number of halogens is 3. The van der Waals surface area contributed by atoms with Gasteiger partial charge in [0.15, 0.2) is 6.10 Å². The fraction of sp³-hybridized carbons (Fsp3) is 0.348. The second kappa shape index (κ2) is 11.7. The Kier molecular flexibility index (Phi) is 9.31. The third-order valence-corrected chi connectivity index (χ3v) is 5.15. The Balaban J connectivity index is 0.00000385. The molecule has 7 nitrogen and oxygen atoms in total. The maximum absolute atomic E-state index is 14.8. The first-order valence-corrected chi connectivity index (χ1v) is 10.4. The van der Waals surface area contributed by atoms with Gasteiger partial charge in [-0.3, -0.25) is 15.0 Å². The molecule has 178 valence electrons. The van der Waals surface area contributed by atoms with Crippen molar-refractivity contribution in [2.45, 2.75) is 32.4 Å². The first-order valence-electron chi connectivity index (χ1n) is 10.4. The summed E-state index contributed by atoms with van der Waals surface area (Å²) in [5.41, 5.74) is 5.97. The summed E-state index contributed by atoms with van der Waals surface area (Å²) in [4.78, 5) is 24.9. The zero-order valence-electron chi connectivity index (χ0n) is 18.1. The van der Waals surface area contributed by atoms with Crippen molar-refractivity contribution in [3.05, 3.63) is 70.3 Å². The molecule has 1 saturated carbocycles. The summed E-state index contributed by atoms with van der Waals surface area (Å²) >= 11 is 0. The topological polar surface area (TPSA) is 117 Å². The molecule has 0 bridgehead atoms. The summed E-state index contributed by atoms with van der Waals surface area (Å²) in [6, 6.07) is 8.47. The van der Waals surface area contributed by atoms with Gasteiger partial charge in [-0.2, -0.15) is 0 Å². The number of nitrogens with one attached hydrogen (secondary N) is 3. The number of ether oxygens (including phenoxy) is 1. The lowest BCUT2D eigenvalue weighted by Gasteiger charge is -2.19. The molecule has 0 saturated heterocycles. The number of carbonyl (C=O) groups excluding carboxylic acids is 2. The molecule has 1 fully saturated rings. The van der Waals surface area contributed by atoms with Crippen molar-refractivity contribution in [1.29, 1.82) is 5.41 Å². The predicted octanol–water partition coefficient (Wildman–Crippen LogP) is 3.20. The minimum Gasteiger partial charge on any atom is -0.384 e. The zero-order valence-corrected chi connectivity index (χ0v) is 18.9. The van der Waals surface area contributed by atoms with Crippen LogP contribution in [0, 0.1) is 23.0 Å². The van der Waals surface area contributed by atoms with Crippen molar-refractivity contribution in [3.63, 3.8) is 0 Å². The Hall–Kier alpha value is -3.04. The van der Waals surface area contributed by atoms with Crippen LogP contribution in [0.4, 0.5) is 8.78 Å². The number of hydrogen-bond acceptors (Lipinski definition) is 4. The molecular weight excluding hydrogens is 454 g/mol. The van der Waals surface area contributed by atoms with Gasteiger partial charge in [0.05, 0.1) is 5.56 Å². The van der Waals surface area contributed by atoms with E-state index in [0.717, 1.165) is 25.0 Å². The molecule has 0 heterocycles. The van der Waals surface area contributed by atoms with Crippen LogP contribution in [-0.4, -0.2) is 30.8 Å². The van der Waals surface area contributed by atoms with E-state index in [2.05, 4.69) is 10.6 Å². The smallest absolute Gasteiger partial charge is 0.254 e. The van der Waals surface area contributed by atoms with E-state index in [4.69, 9.17) is 15.9 Å². The number of nitrogens with two attached hydrogens (primary N) is 1. The number of hydrogen-bond donors (Lipinski definition) is 4. The molecule has 1 aliphatic rings. The quantitative estimate of drug-likeness (QED) is 0.308. The standard InChI is InChI=1S/C23H26F2N4O3.ClH/c1-2-32-20(23(31)29-12-14-5-7-15(8-6-14)21(26)27)19-17(24)9-16(10-18(19)25)22(30)28-11-13-3-4-13;/h5-10,13,20H,2-4,11-12H2,1H3,(H3,26,27)(H,28,30)(H,29,31);1H. The lowest BCUT2D eigenvalue weighted by molar-refractivity contribution is -0.133. The highest BCUT2D eigenvalue weighted by atomic mass is 35.5. The van der Waals surface area contributed by atoms with E-state index >= 15 is 0 Å². The van der Waals surface area contributed by atoms with Crippen LogP contribution in [0.25, 0.3) is 0 Å². The Labute approximate surface area is 197 Å². The third kappa shape index (κ3) is 6.97. The van der Waals surface area contributed by atoms with Gasteiger partial charge in [0.2, 0.25) is 0 Å². The molecule has 2 aromatic carbocycles. The van der Waals surface area contributed by atoms with Crippen LogP contribution in [-0.2, 0) is 16.1 Å². The fourth-order valence-electron chi connectivity index (χ4n) is 3.17. The number of amides is 2. The van der Waals surface area contributed by atoms with Gasteiger partial charge in [-0.1, -0.05) is 24.3 Å². The summed E-state index contributed by atoms with van der Waals surface area (Å²) in [5.74, 6) is -2.98. The van der Waals surface area contributed by atoms with Gasteiger partial charge >= 0.3 is 0 Å². The summed E-state index contributed by atoms with van der Waals surface area (Å²) in [7, 11) is 0. The van der Waals surface area contributed by atoms with Crippen molar-refractivity contribution in [2.75, 3.05) is 13.2 Å². The van der Waals surface area contributed by atoms with E-state index in [-0.39, 0.29) is 37.0 Å². The molecule has 0 aromatic heterocycles. The maximum atomic E-state index is 14.8. The van der Waals surface area contributed by atoms with Gasteiger partial charge in [-0.25, -0.2) is 8.78 Å². The van der Waals surface area contributed by atoms with Crippen molar-refractivity contribution < 1.29 is 23.1 Å². The number of nitrogen functional groups attached to an aromatic ring is 1. The SMILES string of the molecule is CCOC(C(=O)NCc1ccc(C(=N)N)cc1)c1c(F)cc(C(=O)NCC2CC2)cc1F.Cl. The molecule has 10 heteroatoms. The van der Waals surface area contributed by atoms with Crippen LogP contribution in [0.15, 0.2) is 36.4 Å². The minimum absolute atomic E-state index is 0. The fourth-order valence-corrected chi connectivity index (χ4v) is 3.17.